The summed E-state index contributed by atoms with van der Waals surface area (Å²) in [6.45, 7) is 2.05. The monoisotopic (exact) mass is 366 g/mol. The summed E-state index contributed by atoms with van der Waals surface area (Å²) in [6.07, 6.45) is 0. The molecule has 0 fully saturated rings. The second-order valence-electron chi connectivity index (χ2n) is 3.45. The molecule has 0 atom stereocenters. The first-order chi connectivity index (χ1) is 8.15. The van der Waals surface area contributed by atoms with Crippen LogP contribution >= 0.6 is 31.9 Å². The molecule has 0 aliphatic carbocycles. The minimum atomic E-state index is 0.643. The Morgan fingerprint density at radius 2 is 1.12 bits per heavy atom. The SMILES string of the molecule is COc1c(CBr)c(C)c(CBr)c(OC)c1OC. The topological polar surface area (TPSA) is 27.7 Å². The summed E-state index contributed by atoms with van der Waals surface area (Å²) in [5.74, 6) is 2.09. The summed E-state index contributed by atoms with van der Waals surface area (Å²) in [5, 5.41) is 1.42. The normalized spacial score (nSPS) is 10.2. The van der Waals surface area contributed by atoms with E-state index in [2.05, 4.69) is 38.8 Å². The Morgan fingerprint density at radius 1 is 0.765 bits per heavy atom. The summed E-state index contributed by atoms with van der Waals surface area (Å²) >= 11 is 6.96. The fourth-order valence-electron chi connectivity index (χ4n) is 1.84. The molecule has 0 unspecified atom stereocenters. The zero-order valence-electron chi connectivity index (χ0n) is 10.4. The molecule has 1 aromatic rings. The minimum absolute atomic E-state index is 0.643. The van der Waals surface area contributed by atoms with Crippen LogP contribution in [0.1, 0.15) is 16.7 Å². The van der Waals surface area contributed by atoms with Crippen molar-refractivity contribution in [2.75, 3.05) is 21.3 Å². The van der Waals surface area contributed by atoms with Crippen LogP contribution in [-0.4, -0.2) is 21.3 Å². The van der Waals surface area contributed by atoms with E-state index in [1.54, 1.807) is 21.3 Å². The molecule has 0 spiro atoms. The van der Waals surface area contributed by atoms with E-state index >= 15 is 0 Å². The van der Waals surface area contributed by atoms with Crippen molar-refractivity contribution in [3.05, 3.63) is 16.7 Å². The first-order valence-electron chi connectivity index (χ1n) is 5.08. The van der Waals surface area contributed by atoms with Gasteiger partial charge in [-0.25, -0.2) is 0 Å². The van der Waals surface area contributed by atoms with E-state index < -0.39 is 0 Å². The molecule has 1 aromatic carbocycles. The lowest BCUT2D eigenvalue weighted by Gasteiger charge is -2.20. The molecule has 1 rings (SSSR count). The van der Waals surface area contributed by atoms with Gasteiger partial charge in [0.05, 0.1) is 21.3 Å². The third kappa shape index (κ3) is 2.55. The fraction of sp³-hybridized carbons (Fsp3) is 0.500. The van der Waals surface area contributed by atoms with Gasteiger partial charge in [0, 0.05) is 21.8 Å². The quantitative estimate of drug-likeness (QED) is 0.740. The smallest absolute Gasteiger partial charge is 0.203 e. The third-order valence-corrected chi connectivity index (χ3v) is 3.87. The molecule has 0 aliphatic heterocycles. The molecule has 0 aliphatic rings. The Kier molecular flexibility index (Phi) is 5.59. The van der Waals surface area contributed by atoms with Gasteiger partial charge in [0.1, 0.15) is 0 Å². The average Bonchev–Trinajstić information content (AvgIpc) is 2.36. The van der Waals surface area contributed by atoms with Crippen LogP contribution in [0.25, 0.3) is 0 Å². The van der Waals surface area contributed by atoms with E-state index in [1.807, 2.05) is 0 Å². The lowest BCUT2D eigenvalue weighted by Crippen LogP contribution is -2.04. The molecule has 0 heterocycles. The maximum atomic E-state index is 5.43. The van der Waals surface area contributed by atoms with Crippen LogP contribution in [0.2, 0.25) is 0 Å². The Morgan fingerprint density at radius 3 is 1.35 bits per heavy atom. The van der Waals surface area contributed by atoms with Gasteiger partial charge in [0.25, 0.3) is 0 Å². The average molecular weight is 368 g/mol. The van der Waals surface area contributed by atoms with Crippen LogP contribution in [0.5, 0.6) is 17.2 Å². The zero-order valence-corrected chi connectivity index (χ0v) is 13.6. The molecule has 0 saturated heterocycles. The molecule has 5 heteroatoms. The number of hydrogen-bond donors (Lipinski definition) is 0. The summed E-state index contributed by atoms with van der Waals surface area (Å²) < 4.78 is 16.3. The van der Waals surface area contributed by atoms with E-state index in [0.29, 0.717) is 16.4 Å². The summed E-state index contributed by atoms with van der Waals surface area (Å²) in [7, 11) is 4.89. The highest BCUT2D eigenvalue weighted by Gasteiger charge is 2.22. The number of hydrogen-bond acceptors (Lipinski definition) is 3. The zero-order chi connectivity index (χ0) is 13.0. The van der Waals surface area contributed by atoms with Crippen LogP contribution in [0, 0.1) is 6.92 Å². The molecule has 0 aromatic heterocycles. The Hall–Kier alpha value is -0.420. The van der Waals surface area contributed by atoms with Crippen molar-refractivity contribution in [1.29, 1.82) is 0 Å². The van der Waals surface area contributed by atoms with E-state index in [1.165, 1.54) is 0 Å². The predicted molar refractivity (Wildman–Crippen MR) is 76.1 cm³/mol. The Balaban J connectivity index is 3.66. The second-order valence-corrected chi connectivity index (χ2v) is 4.57. The fourth-order valence-corrected chi connectivity index (χ4v) is 3.19. The molecule has 3 nitrogen and oxygen atoms in total. The maximum Gasteiger partial charge on any atom is 0.203 e. The largest absolute Gasteiger partial charge is 0.492 e. The highest BCUT2D eigenvalue weighted by molar-refractivity contribution is 9.08. The first kappa shape index (κ1) is 14.6. The standard InChI is InChI=1S/C12H16Br2O3/c1-7-8(5-13)10(15-2)12(17-4)11(16-3)9(7)6-14/h5-6H2,1-4H3. The van der Waals surface area contributed by atoms with Gasteiger partial charge in [-0.05, 0) is 12.5 Å². The number of alkyl halides is 2. The van der Waals surface area contributed by atoms with Gasteiger partial charge in [-0.2, -0.15) is 0 Å². The molecule has 0 bridgehead atoms. The lowest BCUT2D eigenvalue weighted by molar-refractivity contribution is 0.321. The Labute approximate surface area is 119 Å². The number of rotatable bonds is 5. The molecule has 0 radical (unpaired) electrons. The van der Waals surface area contributed by atoms with Gasteiger partial charge >= 0.3 is 0 Å². The van der Waals surface area contributed by atoms with Crippen molar-refractivity contribution < 1.29 is 14.2 Å². The molecular formula is C12H16Br2O3. The predicted octanol–water partition coefficient (Wildman–Crippen LogP) is 3.81. The molecule has 96 valence electrons. The van der Waals surface area contributed by atoms with Crippen molar-refractivity contribution in [1.82, 2.24) is 0 Å². The van der Waals surface area contributed by atoms with Crippen molar-refractivity contribution >= 4 is 31.9 Å². The lowest BCUT2D eigenvalue weighted by atomic mass is 10.0. The van der Waals surface area contributed by atoms with Gasteiger partial charge < -0.3 is 14.2 Å². The van der Waals surface area contributed by atoms with Crippen molar-refractivity contribution in [2.45, 2.75) is 17.6 Å². The molecule has 0 amide bonds. The second kappa shape index (κ2) is 6.50. The van der Waals surface area contributed by atoms with E-state index in [9.17, 15) is 0 Å². The Bertz CT molecular complexity index is 372. The molecule has 0 saturated carbocycles. The van der Waals surface area contributed by atoms with Crippen molar-refractivity contribution in [2.24, 2.45) is 0 Å². The number of benzene rings is 1. The van der Waals surface area contributed by atoms with Crippen LogP contribution in [0.4, 0.5) is 0 Å². The van der Waals surface area contributed by atoms with E-state index in [-0.39, 0.29) is 0 Å². The van der Waals surface area contributed by atoms with Crippen LogP contribution < -0.4 is 14.2 Å². The highest BCUT2D eigenvalue weighted by Crippen LogP contribution is 2.46. The van der Waals surface area contributed by atoms with Gasteiger partial charge in [-0.1, -0.05) is 31.9 Å². The van der Waals surface area contributed by atoms with E-state index in [0.717, 1.165) is 28.2 Å². The molecule has 0 N–H and O–H groups in total. The van der Waals surface area contributed by atoms with Crippen LogP contribution in [0.3, 0.4) is 0 Å². The number of halogens is 2. The van der Waals surface area contributed by atoms with Crippen molar-refractivity contribution in [3.8, 4) is 17.2 Å². The molecular weight excluding hydrogens is 352 g/mol. The van der Waals surface area contributed by atoms with Crippen LogP contribution in [-0.2, 0) is 10.7 Å². The minimum Gasteiger partial charge on any atom is -0.492 e. The van der Waals surface area contributed by atoms with Gasteiger partial charge in [0.2, 0.25) is 5.75 Å². The number of methoxy groups -OCH3 is 3. The van der Waals surface area contributed by atoms with E-state index in [4.69, 9.17) is 14.2 Å². The highest BCUT2D eigenvalue weighted by atomic mass is 79.9. The maximum absolute atomic E-state index is 5.43. The van der Waals surface area contributed by atoms with Gasteiger partial charge in [-0.3, -0.25) is 0 Å². The number of ether oxygens (including phenoxy) is 3. The van der Waals surface area contributed by atoms with Gasteiger partial charge in [-0.15, -0.1) is 0 Å². The van der Waals surface area contributed by atoms with Crippen molar-refractivity contribution in [3.63, 3.8) is 0 Å². The molecule has 17 heavy (non-hydrogen) atoms. The first-order valence-corrected chi connectivity index (χ1v) is 7.32. The van der Waals surface area contributed by atoms with Gasteiger partial charge in [0.15, 0.2) is 11.5 Å². The summed E-state index contributed by atoms with van der Waals surface area (Å²) in [4.78, 5) is 0. The third-order valence-electron chi connectivity index (χ3n) is 2.75. The summed E-state index contributed by atoms with van der Waals surface area (Å²) in [6, 6.07) is 0. The summed E-state index contributed by atoms with van der Waals surface area (Å²) in [5.41, 5.74) is 3.31. The van der Waals surface area contributed by atoms with Crippen LogP contribution in [0.15, 0.2) is 0 Å².